The highest BCUT2D eigenvalue weighted by Crippen LogP contribution is 2.13. The topological polar surface area (TPSA) is 46.9 Å². The van der Waals surface area contributed by atoms with Crippen LogP contribution in [-0.4, -0.2) is 27.9 Å². The van der Waals surface area contributed by atoms with E-state index in [2.05, 4.69) is 28.5 Å². The summed E-state index contributed by atoms with van der Waals surface area (Å²) < 4.78 is 1.99. The molecule has 0 aliphatic heterocycles. The van der Waals surface area contributed by atoms with Gasteiger partial charge in [-0.2, -0.15) is 0 Å². The molecule has 0 spiro atoms. The molecule has 0 bridgehead atoms. The van der Waals surface area contributed by atoms with Crippen molar-refractivity contribution in [2.24, 2.45) is 7.05 Å². The van der Waals surface area contributed by atoms with Gasteiger partial charge in [0, 0.05) is 25.9 Å². The first kappa shape index (κ1) is 12.9. The van der Waals surface area contributed by atoms with Crippen LogP contribution in [-0.2, 0) is 18.3 Å². The van der Waals surface area contributed by atoms with E-state index in [1.54, 1.807) is 6.33 Å². The van der Waals surface area contributed by atoms with Crippen LogP contribution in [0.15, 0.2) is 24.5 Å². The standard InChI is InChI=1S/C13H16ClN3O/c1-17-9-16-11-8-10(2-3-12(11)17)5-7-15-13(18)4-6-14/h2-3,8-9H,4-7H2,1H3,(H,15,18). The van der Waals surface area contributed by atoms with Gasteiger partial charge in [0.05, 0.1) is 17.4 Å². The zero-order chi connectivity index (χ0) is 13.0. The van der Waals surface area contributed by atoms with E-state index in [0.29, 0.717) is 18.8 Å². The fraction of sp³-hybridized carbons (Fsp3) is 0.385. The number of hydrogen-bond acceptors (Lipinski definition) is 2. The number of nitrogens with one attached hydrogen (secondary N) is 1. The molecule has 1 N–H and O–H groups in total. The molecule has 0 fully saturated rings. The Kier molecular flexibility index (Phi) is 4.20. The highest BCUT2D eigenvalue weighted by molar-refractivity contribution is 6.18. The molecule has 2 rings (SSSR count). The van der Waals surface area contributed by atoms with Gasteiger partial charge in [0.1, 0.15) is 0 Å². The lowest BCUT2D eigenvalue weighted by atomic mass is 10.1. The fourth-order valence-corrected chi connectivity index (χ4v) is 2.03. The summed E-state index contributed by atoms with van der Waals surface area (Å²) in [7, 11) is 1.97. The summed E-state index contributed by atoms with van der Waals surface area (Å²) in [6, 6.07) is 6.18. The zero-order valence-electron chi connectivity index (χ0n) is 10.3. The molecule has 1 heterocycles. The van der Waals surface area contributed by atoms with Gasteiger partial charge in [-0.05, 0) is 24.1 Å². The Morgan fingerprint density at radius 3 is 3.11 bits per heavy atom. The van der Waals surface area contributed by atoms with Crippen molar-refractivity contribution in [1.29, 1.82) is 0 Å². The molecule has 0 saturated carbocycles. The molecule has 0 aliphatic carbocycles. The number of hydrogen-bond donors (Lipinski definition) is 1. The largest absolute Gasteiger partial charge is 0.356 e. The van der Waals surface area contributed by atoms with Crippen LogP contribution in [0.3, 0.4) is 0 Å². The number of benzene rings is 1. The number of aryl methyl sites for hydroxylation is 1. The van der Waals surface area contributed by atoms with Gasteiger partial charge in [-0.25, -0.2) is 4.98 Å². The molecular weight excluding hydrogens is 250 g/mol. The first-order valence-corrected chi connectivity index (χ1v) is 6.47. The first-order chi connectivity index (χ1) is 8.70. The normalized spacial score (nSPS) is 10.8. The van der Waals surface area contributed by atoms with Gasteiger partial charge in [0.2, 0.25) is 5.91 Å². The van der Waals surface area contributed by atoms with Gasteiger partial charge in [-0.3, -0.25) is 4.79 Å². The van der Waals surface area contributed by atoms with Gasteiger partial charge in [-0.1, -0.05) is 6.07 Å². The van der Waals surface area contributed by atoms with Crippen molar-refractivity contribution < 1.29 is 4.79 Å². The Bertz CT molecular complexity index is 550. The molecule has 1 amide bonds. The fourth-order valence-electron chi connectivity index (χ4n) is 1.86. The summed E-state index contributed by atoms with van der Waals surface area (Å²) in [4.78, 5) is 15.5. The van der Waals surface area contributed by atoms with E-state index in [9.17, 15) is 4.79 Å². The summed E-state index contributed by atoms with van der Waals surface area (Å²) in [5.74, 6) is 0.370. The minimum Gasteiger partial charge on any atom is -0.356 e. The number of carbonyl (C=O) groups is 1. The third kappa shape index (κ3) is 3.01. The molecular formula is C13H16ClN3O. The Hall–Kier alpha value is -1.55. The average Bonchev–Trinajstić information content (AvgIpc) is 2.71. The molecule has 5 heteroatoms. The van der Waals surface area contributed by atoms with E-state index in [-0.39, 0.29) is 5.91 Å². The summed E-state index contributed by atoms with van der Waals surface area (Å²) in [5.41, 5.74) is 3.28. The lowest BCUT2D eigenvalue weighted by molar-refractivity contribution is -0.120. The van der Waals surface area contributed by atoms with Gasteiger partial charge >= 0.3 is 0 Å². The Morgan fingerprint density at radius 1 is 1.50 bits per heavy atom. The number of imidazole rings is 1. The van der Waals surface area contributed by atoms with Crippen molar-refractivity contribution in [2.45, 2.75) is 12.8 Å². The number of fused-ring (bicyclic) bond motifs is 1. The number of rotatable bonds is 5. The quantitative estimate of drug-likeness (QED) is 0.839. The maximum Gasteiger partial charge on any atom is 0.221 e. The summed E-state index contributed by atoms with van der Waals surface area (Å²) in [6.45, 7) is 0.633. The molecule has 0 aliphatic rings. The first-order valence-electron chi connectivity index (χ1n) is 5.93. The minimum atomic E-state index is 0.00362. The summed E-state index contributed by atoms with van der Waals surface area (Å²) in [5, 5.41) is 2.84. The molecule has 0 saturated heterocycles. The molecule has 0 atom stereocenters. The molecule has 0 radical (unpaired) electrons. The number of alkyl halides is 1. The molecule has 4 nitrogen and oxygen atoms in total. The Labute approximate surface area is 111 Å². The maximum absolute atomic E-state index is 11.2. The molecule has 2 aromatic rings. The van der Waals surface area contributed by atoms with E-state index in [1.807, 2.05) is 11.6 Å². The molecule has 18 heavy (non-hydrogen) atoms. The van der Waals surface area contributed by atoms with Crippen LogP contribution in [0.1, 0.15) is 12.0 Å². The number of carbonyl (C=O) groups excluding carboxylic acids is 1. The molecule has 96 valence electrons. The third-order valence-corrected chi connectivity index (χ3v) is 3.04. The van der Waals surface area contributed by atoms with Crippen molar-refractivity contribution in [2.75, 3.05) is 12.4 Å². The van der Waals surface area contributed by atoms with Gasteiger partial charge in [0.25, 0.3) is 0 Å². The van der Waals surface area contributed by atoms with Crippen molar-refractivity contribution >= 4 is 28.5 Å². The number of aromatic nitrogens is 2. The SMILES string of the molecule is Cn1cnc2cc(CCNC(=O)CCCl)ccc21. The van der Waals surface area contributed by atoms with Gasteiger partial charge in [0.15, 0.2) is 0 Å². The lowest BCUT2D eigenvalue weighted by Gasteiger charge is -2.04. The van der Waals surface area contributed by atoms with Crippen LogP contribution < -0.4 is 5.32 Å². The molecule has 1 aromatic carbocycles. The second kappa shape index (κ2) is 5.87. The van der Waals surface area contributed by atoms with Crippen LogP contribution in [0.4, 0.5) is 0 Å². The van der Waals surface area contributed by atoms with E-state index in [0.717, 1.165) is 17.5 Å². The van der Waals surface area contributed by atoms with Crippen molar-refractivity contribution in [3.63, 3.8) is 0 Å². The maximum atomic E-state index is 11.2. The second-order valence-electron chi connectivity index (χ2n) is 4.22. The van der Waals surface area contributed by atoms with Crippen molar-refractivity contribution in [1.82, 2.24) is 14.9 Å². The number of nitrogens with zero attached hydrogens (tertiary/aromatic N) is 2. The predicted octanol–water partition coefficient (Wildman–Crippen LogP) is 1.86. The highest BCUT2D eigenvalue weighted by atomic mass is 35.5. The monoisotopic (exact) mass is 265 g/mol. The van der Waals surface area contributed by atoms with E-state index >= 15 is 0 Å². The van der Waals surface area contributed by atoms with Crippen molar-refractivity contribution in [3.8, 4) is 0 Å². The Morgan fingerprint density at radius 2 is 2.33 bits per heavy atom. The van der Waals surface area contributed by atoms with Crippen LogP contribution >= 0.6 is 11.6 Å². The van der Waals surface area contributed by atoms with Crippen LogP contribution in [0, 0.1) is 0 Å². The Balaban J connectivity index is 1.94. The predicted molar refractivity (Wildman–Crippen MR) is 72.8 cm³/mol. The lowest BCUT2D eigenvalue weighted by Crippen LogP contribution is -2.25. The zero-order valence-corrected chi connectivity index (χ0v) is 11.1. The van der Waals surface area contributed by atoms with Crippen molar-refractivity contribution in [3.05, 3.63) is 30.1 Å². The van der Waals surface area contributed by atoms with E-state index in [4.69, 9.17) is 11.6 Å². The van der Waals surface area contributed by atoms with E-state index < -0.39 is 0 Å². The third-order valence-electron chi connectivity index (χ3n) is 2.85. The minimum absolute atomic E-state index is 0.00362. The van der Waals surface area contributed by atoms with Crippen LogP contribution in [0.25, 0.3) is 11.0 Å². The average molecular weight is 266 g/mol. The smallest absolute Gasteiger partial charge is 0.221 e. The number of halogens is 1. The summed E-state index contributed by atoms with van der Waals surface area (Å²) >= 11 is 5.49. The second-order valence-corrected chi connectivity index (χ2v) is 4.60. The molecule has 1 aromatic heterocycles. The van der Waals surface area contributed by atoms with Crippen LogP contribution in [0.2, 0.25) is 0 Å². The summed E-state index contributed by atoms with van der Waals surface area (Å²) in [6.07, 6.45) is 2.98. The van der Waals surface area contributed by atoms with Gasteiger partial charge in [-0.15, -0.1) is 11.6 Å². The van der Waals surface area contributed by atoms with E-state index in [1.165, 1.54) is 5.56 Å². The van der Waals surface area contributed by atoms with Crippen LogP contribution in [0.5, 0.6) is 0 Å². The molecule has 0 unspecified atom stereocenters. The highest BCUT2D eigenvalue weighted by Gasteiger charge is 2.02. The van der Waals surface area contributed by atoms with Gasteiger partial charge < -0.3 is 9.88 Å². The number of amides is 1.